The van der Waals surface area contributed by atoms with E-state index in [1.165, 1.54) is 54.7 Å². The Labute approximate surface area is 201 Å². The number of imidazole rings is 1. The zero-order valence-electron chi connectivity index (χ0n) is 20.7. The SMILES string of the molecule is CCCCCCc1ccc(-c2nc3n(c2CN(C)C(=O)CC(C)C)CC(C)CC3)cc1.Cl. The van der Waals surface area contributed by atoms with Gasteiger partial charge in [-0.15, -0.1) is 12.4 Å². The number of aromatic nitrogens is 2. The van der Waals surface area contributed by atoms with Gasteiger partial charge in [0, 0.05) is 32.0 Å². The number of amides is 1. The van der Waals surface area contributed by atoms with Crippen LogP contribution >= 0.6 is 12.4 Å². The Bertz CT molecular complexity index is 857. The van der Waals surface area contributed by atoms with E-state index in [4.69, 9.17) is 4.98 Å². The fourth-order valence-corrected chi connectivity index (χ4v) is 4.52. The van der Waals surface area contributed by atoms with Crippen molar-refractivity contribution in [2.45, 2.75) is 92.2 Å². The average molecular weight is 460 g/mol. The van der Waals surface area contributed by atoms with Crippen LogP contribution in [0.5, 0.6) is 0 Å². The van der Waals surface area contributed by atoms with Crippen molar-refractivity contribution in [3.63, 3.8) is 0 Å². The van der Waals surface area contributed by atoms with Gasteiger partial charge in [0.05, 0.1) is 17.9 Å². The van der Waals surface area contributed by atoms with Crippen molar-refractivity contribution in [2.75, 3.05) is 7.05 Å². The number of nitrogens with zero attached hydrogens (tertiary/aromatic N) is 3. The molecule has 0 radical (unpaired) electrons. The summed E-state index contributed by atoms with van der Waals surface area (Å²) in [7, 11) is 1.93. The van der Waals surface area contributed by atoms with E-state index in [0.29, 0.717) is 24.8 Å². The minimum Gasteiger partial charge on any atom is -0.340 e. The van der Waals surface area contributed by atoms with E-state index in [0.717, 1.165) is 25.1 Å². The quantitative estimate of drug-likeness (QED) is 0.371. The number of rotatable bonds is 10. The molecule has 0 aliphatic carbocycles. The number of unbranched alkanes of at least 4 members (excludes halogenated alkanes) is 3. The third-order valence-electron chi connectivity index (χ3n) is 6.45. The molecular formula is C27H42ClN3O. The summed E-state index contributed by atoms with van der Waals surface area (Å²) >= 11 is 0. The third-order valence-corrected chi connectivity index (χ3v) is 6.45. The second kappa shape index (κ2) is 12.4. The van der Waals surface area contributed by atoms with Gasteiger partial charge in [-0.1, -0.05) is 71.2 Å². The highest BCUT2D eigenvalue weighted by Gasteiger charge is 2.25. The summed E-state index contributed by atoms with van der Waals surface area (Å²) in [5.41, 5.74) is 4.83. The normalized spacial score (nSPS) is 15.4. The molecule has 1 unspecified atom stereocenters. The first-order chi connectivity index (χ1) is 14.9. The highest BCUT2D eigenvalue weighted by molar-refractivity contribution is 5.85. The number of carbonyl (C=O) groups is 1. The van der Waals surface area contributed by atoms with Gasteiger partial charge >= 0.3 is 0 Å². The van der Waals surface area contributed by atoms with Gasteiger partial charge in [-0.3, -0.25) is 4.79 Å². The van der Waals surface area contributed by atoms with Gasteiger partial charge in [0.1, 0.15) is 5.82 Å². The van der Waals surface area contributed by atoms with Gasteiger partial charge in [-0.25, -0.2) is 4.98 Å². The number of halogens is 1. The zero-order chi connectivity index (χ0) is 22.4. The highest BCUT2D eigenvalue weighted by atomic mass is 35.5. The number of hydrogen-bond donors (Lipinski definition) is 0. The summed E-state index contributed by atoms with van der Waals surface area (Å²) in [6, 6.07) is 8.98. The summed E-state index contributed by atoms with van der Waals surface area (Å²) in [5.74, 6) is 2.41. The molecule has 1 aromatic heterocycles. The molecule has 1 aliphatic heterocycles. The smallest absolute Gasteiger partial charge is 0.222 e. The van der Waals surface area contributed by atoms with Gasteiger partial charge in [-0.05, 0) is 36.7 Å². The Kier molecular flexibility index (Phi) is 10.3. The average Bonchev–Trinajstić information content (AvgIpc) is 3.08. The molecule has 3 rings (SSSR count). The van der Waals surface area contributed by atoms with Crippen LogP contribution in [-0.2, 0) is 30.7 Å². The predicted octanol–water partition coefficient (Wildman–Crippen LogP) is 6.68. The van der Waals surface area contributed by atoms with Crippen molar-refractivity contribution in [1.29, 1.82) is 0 Å². The minimum absolute atomic E-state index is 0. The van der Waals surface area contributed by atoms with Crippen molar-refractivity contribution < 1.29 is 4.79 Å². The Morgan fingerprint density at radius 3 is 2.56 bits per heavy atom. The van der Waals surface area contributed by atoms with E-state index >= 15 is 0 Å². The number of aryl methyl sites for hydroxylation is 2. The molecule has 2 aromatic rings. The van der Waals surface area contributed by atoms with Crippen molar-refractivity contribution in [3.05, 3.63) is 41.3 Å². The van der Waals surface area contributed by atoms with Crippen LogP contribution < -0.4 is 0 Å². The lowest BCUT2D eigenvalue weighted by Crippen LogP contribution is -2.29. The molecule has 0 N–H and O–H groups in total. The third kappa shape index (κ3) is 6.84. The number of fused-ring (bicyclic) bond motifs is 1. The van der Waals surface area contributed by atoms with Crippen LogP contribution in [0.15, 0.2) is 24.3 Å². The largest absolute Gasteiger partial charge is 0.340 e. The van der Waals surface area contributed by atoms with E-state index in [9.17, 15) is 4.79 Å². The second-order valence-corrected chi connectivity index (χ2v) is 9.93. The molecule has 1 amide bonds. The molecule has 1 aromatic carbocycles. The summed E-state index contributed by atoms with van der Waals surface area (Å²) in [4.78, 5) is 19.6. The van der Waals surface area contributed by atoms with Gasteiger partial charge < -0.3 is 9.47 Å². The molecule has 1 aliphatic rings. The van der Waals surface area contributed by atoms with E-state index < -0.39 is 0 Å². The van der Waals surface area contributed by atoms with Crippen LogP contribution in [0.2, 0.25) is 0 Å². The highest BCUT2D eigenvalue weighted by Crippen LogP contribution is 2.31. The molecule has 0 saturated heterocycles. The Hall–Kier alpha value is -1.81. The van der Waals surface area contributed by atoms with Gasteiger partial charge in [0.25, 0.3) is 0 Å². The molecule has 0 saturated carbocycles. The number of carbonyl (C=O) groups excluding carboxylic acids is 1. The van der Waals surface area contributed by atoms with E-state index in [-0.39, 0.29) is 18.3 Å². The van der Waals surface area contributed by atoms with Crippen LogP contribution in [0.25, 0.3) is 11.3 Å². The molecular weight excluding hydrogens is 418 g/mol. The monoisotopic (exact) mass is 459 g/mol. The Morgan fingerprint density at radius 1 is 1.19 bits per heavy atom. The molecule has 1 atom stereocenters. The number of benzene rings is 1. The summed E-state index contributed by atoms with van der Waals surface area (Å²) in [5, 5.41) is 0. The molecule has 178 valence electrons. The van der Waals surface area contributed by atoms with Crippen molar-refractivity contribution >= 4 is 18.3 Å². The fourth-order valence-electron chi connectivity index (χ4n) is 4.52. The first kappa shape index (κ1) is 26.4. The molecule has 4 nitrogen and oxygen atoms in total. The second-order valence-electron chi connectivity index (χ2n) is 9.93. The number of hydrogen-bond acceptors (Lipinski definition) is 2. The van der Waals surface area contributed by atoms with Crippen molar-refractivity contribution in [1.82, 2.24) is 14.5 Å². The lowest BCUT2D eigenvalue weighted by molar-refractivity contribution is -0.131. The lowest BCUT2D eigenvalue weighted by Gasteiger charge is -2.25. The molecule has 5 heteroatoms. The molecule has 0 fully saturated rings. The van der Waals surface area contributed by atoms with Crippen LogP contribution in [0.1, 0.15) is 83.3 Å². The Balaban J connectivity index is 0.00000363. The maximum atomic E-state index is 12.6. The first-order valence-electron chi connectivity index (χ1n) is 12.3. The van der Waals surface area contributed by atoms with Gasteiger partial charge in [0.2, 0.25) is 5.91 Å². The summed E-state index contributed by atoms with van der Waals surface area (Å²) < 4.78 is 2.39. The van der Waals surface area contributed by atoms with Crippen LogP contribution in [-0.4, -0.2) is 27.4 Å². The van der Waals surface area contributed by atoms with Crippen LogP contribution in [0, 0.1) is 11.8 Å². The summed E-state index contributed by atoms with van der Waals surface area (Å²) in [6.07, 6.45) is 9.13. The van der Waals surface area contributed by atoms with Crippen LogP contribution in [0.3, 0.4) is 0 Å². The maximum Gasteiger partial charge on any atom is 0.222 e. The minimum atomic E-state index is 0. The first-order valence-corrected chi connectivity index (χ1v) is 12.3. The maximum absolute atomic E-state index is 12.6. The summed E-state index contributed by atoms with van der Waals surface area (Å²) in [6.45, 7) is 10.4. The molecule has 32 heavy (non-hydrogen) atoms. The Morgan fingerprint density at radius 2 is 1.91 bits per heavy atom. The van der Waals surface area contributed by atoms with Crippen molar-refractivity contribution in [2.24, 2.45) is 11.8 Å². The lowest BCUT2D eigenvalue weighted by atomic mass is 10.0. The van der Waals surface area contributed by atoms with Crippen molar-refractivity contribution in [3.8, 4) is 11.3 Å². The zero-order valence-corrected chi connectivity index (χ0v) is 21.5. The van der Waals surface area contributed by atoms with Crippen LogP contribution in [0.4, 0.5) is 0 Å². The van der Waals surface area contributed by atoms with E-state index in [2.05, 4.69) is 56.5 Å². The molecule has 2 heterocycles. The van der Waals surface area contributed by atoms with Gasteiger partial charge in [-0.2, -0.15) is 0 Å². The molecule has 0 bridgehead atoms. The molecule has 0 spiro atoms. The topological polar surface area (TPSA) is 38.1 Å². The van der Waals surface area contributed by atoms with E-state index in [1.54, 1.807) is 0 Å². The van der Waals surface area contributed by atoms with E-state index in [1.807, 2.05) is 11.9 Å². The fraction of sp³-hybridized carbons (Fsp3) is 0.630. The van der Waals surface area contributed by atoms with Gasteiger partial charge in [0.15, 0.2) is 0 Å². The standard InChI is InChI=1S/C27H41N3O.ClH/c1-6-7-8-9-10-22-12-14-23(15-13-22)27-24(19-29(5)26(31)17-20(2)3)30-18-21(4)11-16-25(30)28-27;/h12-15,20-21H,6-11,16-19H2,1-5H3;1H. The predicted molar refractivity (Wildman–Crippen MR) is 136 cm³/mol.